The minimum atomic E-state index is -0.191. The average Bonchev–Trinajstić information content (AvgIpc) is 2.79. The first kappa shape index (κ1) is 13.9. The second-order valence-corrected chi connectivity index (χ2v) is 6.08. The lowest BCUT2D eigenvalue weighted by atomic mass is 10.1. The fraction of sp³-hybridized carbons (Fsp3) is 0.188. The van der Waals surface area contributed by atoms with E-state index in [1.165, 1.54) is 16.7 Å². The molecular weight excluding hydrogens is 330 g/mol. The summed E-state index contributed by atoms with van der Waals surface area (Å²) in [6, 6.07) is 10.3. The van der Waals surface area contributed by atoms with Crippen LogP contribution in [0.3, 0.4) is 0 Å². The van der Waals surface area contributed by atoms with E-state index < -0.39 is 0 Å². The predicted octanol–water partition coefficient (Wildman–Crippen LogP) is 3.85. The van der Waals surface area contributed by atoms with Crippen molar-refractivity contribution < 1.29 is 0 Å². The first-order chi connectivity index (χ1) is 10.0. The van der Waals surface area contributed by atoms with Crippen LogP contribution in [0, 0.1) is 13.8 Å². The Kier molecular flexibility index (Phi) is 3.59. The molecule has 0 radical (unpaired) electrons. The zero-order valence-electron chi connectivity index (χ0n) is 11.9. The van der Waals surface area contributed by atoms with E-state index in [0.717, 1.165) is 27.7 Å². The summed E-state index contributed by atoms with van der Waals surface area (Å²) in [7, 11) is 0. The number of aromatic nitrogens is 2. The molecule has 3 aromatic rings. The maximum absolute atomic E-state index is 11.3. The van der Waals surface area contributed by atoms with Crippen LogP contribution >= 0.6 is 15.9 Å². The van der Waals surface area contributed by atoms with Crippen LogP contribution in [0.15, 0.2) is 39.6 Å². The molecule has 1 aromatic heterocycles. The molecule has 21 heavy (non-hydrogen) atoms. The van der Waals surface area contributed by atoms with Gasteiger partial charge in [-0.05, 0) is 58.6 Å². The molecule has 2 aromatic carbocycles. The molecule has 0 aliphatic heterocycles. The molecule has 0 bridgehead atoms. The van der Waals surface area contributed by atoms with Crippen LogP contribution in [0.5, 0.6) is 0 Å². The third-order valence-electron chi connectivity index (χ3n) is 3.66. The Hall–Kier alpha value is -2.01. The number of benzene rings is 2. The summed E-state index contributed by atoms with van der Waals surface area (Å²) >= 11 is 3.53. The lowest BCUT2D eigenvalue weighted by Gasteiger charge is -2.10. The molecule has 0 atom stereocenters. The van der Waals surface area contributed by atoms with Gasteiger partial charge in [0.2, 0.25) is 0 Å². The summed E-state index contributed by atoms with van der Waals surface area (Å²) < 4.78 is 0.925. The van der Waals surface area contributed by atoms with Gasteiger partial charge in [0, 0.05) is 11.0 Å². The normalized spacial score (nSPS) is 11.0. The molecule has 0 spiro atoms. The monoisotopic (exact) mass is 345 g/mol. The summed E-state index contributed by atoms with van der Waals surface area (Å²) in [5.41, 5.74) is 6.17. The number of aryl methyl sites for hydroxylation is 2. The Morgan fingerprint density at radius 2 is 1.76 bits per heavy atom. The largest absolute Gasteiger partial charge is 0.380 e. The van der Waals surface area contributed by atoms with E-state index in [1.807, 2.05) is 12.1 Å². The van der Waals surface area contributed by atoms with Crippen LogP contribution in [-0.4, -0.2) is 9.97 Å². The number of H-pyrrole nitrogens is 2. The lowest BCUT2D eigenvalue weighted by molar-refractivity contribution is 1.13. The van der Waals surface area contributed by atoms with Gasteiger partial charge in [-0.15, -0.1) is 0 Å². The summed E-state index contributed by atoms with van der Waals surface area (Å²) in [5, 5.41) is 3.39. The van der Waals surface area contributed by atoms with E-state index in [0.29, 0.717) is 0 Å². The SMILES string of the molecule is Cc1ccc(CNc2cc3[nH]c(=O)[nH]c3cc2Br)cc1C. The van der Waals surface area contributed by atoms with Crippen molar-refractivity contribution in [3.8, 4) is 0 Å². The number of anilines is 1. The number of hydrogen-bond donors (Lipinski definition) is 3. The Morgan fingerprint density at radius 3 is 2.48 bits per heavy atom. The van der Waals surface area contributed by atoms with Gasteiger partial charge in [0.05, 0.1) is 16.7 Å². The molecule has 1 heterocycles. The first-order valence-electron chi connectivity index (χ1n) is 6.74. The Labute approximate surface area is 130 Å². The molecule has 0 aliphatic rings. The number of imidazole rings is 1. The maximum Gasteiger partial charge on any atom is 0.323 e. The summed E-state index contributed by atoms with van der Waals surface area (Å²) in [4.78, 5) is 16.8. The molecule has 0 aliphatic carbocycles. The van der Waals surface area contributed by atoms with Gasteiger partial charge in [-0.25, -0.2) is 4.79 Å². The van der Waals surface area contributed by atoms with Gasteiger partial charge in [0.1, 0.15) is 0 Å². The third kappa shape index (κ3) is 2.88. The molecule has 0 saturated heterocycles. The fourth-order valence-electron chi connectivity index (χ4n) is 2.30. The molecule has 3 N–H and O–H groups in total. The van der Waals surface area contributed by atoms with Crippen molar-refractivity contribution in [2.45, 2.75) is 20.4 Å². The standard InChI is InChI=1S/C16H16BrN3O/c1-9-3-4-11(5-10(9)2)8-18-13-7-15-14(6-12(13)17)19-16(21)20-15/h3-7,18H,8H2,1-2H3,(H2,19,20,21). The molecule has 5 heteroatoms. The number of rotatable bonds is 3. The molecule has 4 nitrogen and oxygen atoms in total. The average molecular weight is 346 g/mol. The van der Waals surface area contributed by atoms with Gasteiger partial charge < -0.3 is 15.3 Å². The maximum atomic E-state index is 11.3. The Morgan fingerprint density at radius 1 is 1.05 bits per heavy atom. The van der Waals surface area contributed by atoms with E-state index in [-0.39, 0.29) is 5.69 Å². The van der Waals surface area contributed by atoms with Crippen molar-refractivity contribution >= 4 is 32.7 Å². The Balaban J connectivity index is 1.85. The number of aromatic amines is 2. The molecule has 3 rings (SSSR count). The second kappa shape index (κ2) is 5.41. The quantitative estimate of drug-likeness (QED) is 0.675. The highest BCUT2D eigenvalue weighted by Gasteiger charge is 2.05. The van der Waals surface area contributed by atoms with Crippen LogP contribution < -0.4 is 11.0 Å². The number of fused-ring (bicyclic) bond motifs is 1. The molecular formula is C16H16BrN3O. The van der Waals surface area contributed by atoms with Crippen LogP contribution in [0.1, 0.15) is 16.7 Å². The molecule has 0 saturated carbocycles. The van der Waals surface area contributed by atoms with Gasteiger partial charge in [-0.3, -0.25) is 0 Å². The van der Waals surface area contributed by atoms with E-state index >= 15 is 0 Å². The minimum absolute atomic E-state index is 0.191. The highest BCUT2D eigenvalue weighted by Crippen LogP contribution is 2.27. The van der Waals surface area contributed by atoms with Crippen molar-refractivity contribution in [1.82, 2.24) is 9.97 Å². The molecule has 0 amide bonds. The molecule has 108 valence electrons. The van der Waals surface area contributed by atoms with Gasteiger partial charge in [-0.1, -0.05) is 18.2 Å². The van der Waals surface area contributed by atoms with Gasteiger partial charge in [-0.2, -0.15) is 0 Å². The topological polar surface area (TPSA) is 60.7 Å². The second-order valence-electron chi connectivity index (χ2n) is 5.23. The smallest absolute Gasteiger partial charge is 0.323 e. The van der Waals surface area contributed by atoms with Gasteiger partial charge in [0.25, 0.3) is 0 Å². The van der Waals surface area contributed by atoms with Crippen LogP contribution in [0.2, 0.25) is 0 Å². The summed E-state index contributed by atoms with van der Waals surface area (Å²) in [6.45, 7) is 4.96. The van der Waals surface area contributed by atoms with Gasteiger partial charge >= 0.3 is 5.69 Å². The highest BCUT2D eigenvalue weighted by atomic mass is 79.9. The van der Waals surface area contributed by atoms with E-state index in [1.54, 1.807) is 0 Å². The number of halogens is 1. The van der Waals surface area contributed by atoms with Crippen molar-refractivity contribution in [3.05, 3.63) is 62.0 Å². The van der Waals surface area contributed by atoms with Crippen LogP contribution in [-0.2, 0) is 6.54 Å². The molecule has 0 fully saturated rings. The third-order valence-corrected chi connectivity index (χ3v) is 4.31. The summed E-state index contributed by atoms with van der Waals surface area (Å²) in [5.74, 6) is 0. The van der Waals surface area contributed by atoms with Crippen molar-refractivity contribution in [3.63, 3.8) is 0 Å². The van der Waals surface area contributed by atoms with Crippen LogP contribution in [0.4, 0.5) is 5.69 Å². The van der Waals surface area contributed by atoms with E-state index in [2.05, 4.69) is 63.3 Å². The summed E-state index contributed by atoms with van der Waals surface area (Å²) in [6.07, 6.45) is 0. The minimum Gasteiger partial charge on any atom is -0.380 e. The predicted molar refractivity (Wildman–Crippen MR) is 89.9 cm³/mol. The number of hydrogen-bond acceptors (Lipinski definition) is 2. The highest BCUT2D eigenvalue weighted by molar-refractivity contribution is 9.10. The first-order valence-corrected chi connectivity index (χ1v) is 7.54. The number of nitrogens with one attached hydrogen (secondary N) is 3. The van der Waals surface area contributed by atoms with Crippen LogP contribution in [0.25, 0.3) is 11.0 Å². The zero-order valence-corrected chi connectivity index (χ0v) is 13.5. The van der Waals surface area contributed by atoms with Crippen molar-refractivity contribution in [1.29, 1.82) is 0 Å². The zero-order chi connectivity index (χ0) is 15.0. The van der Waals surface area contributed by atoms with Gasteiger partial charge in [0.15, 0.2) is 0 Å². The van der Waals surface area contributed by atoms with E-state index in [9.17, 15) is 4.79 Å². The molecule has 0 unspecified atom stereocenters. The van der Waals surface area contributed by atoms with Crippen molar-refractivity contribution in [2.24, 2.45) is 0 Å². The lowest BCUT2D eigenvalue weighted by Crippen LogP contribution is -2.01. The van der Waals surface area contributed by atoms with E-state index in [4.69, 9.17) is 0 Å². The van der Waals surface area contributed by atoms with Crippen molar-refractivity contribution in [2.75, 3.05) is 5.32 Å². The fourth-order valence-corrected chi connectivity index (χ4v) is 2.79. The Bertz CT molecular complexity index is 864.